The van der Waals surface area contributed by atoms with Gasteiger partial charge in [-0.2, -0.15) is 0 Å². The van der Waals surface area contributed by atoms with Crippen LogP contribution in [0.2, 0.25) is 0 Å². The maximum atomic E-state index is 10.6. The van der Waals surface area contributed by atoms with Gasteiger partial charge in [0.25, 0.3) is 0 Å². The van der Waals surface area contributed by atoms with E-state index >= 15 is 0 Å². The Bertz CT molecular complexity index is 903. The highest BCUT2D eigenvalue weighted by Crippen LogP contribution is 2.29. The number of thiophene rings is 1. The minimum Gasteiger partial charge on any atom is -0.386 e. The third-order valence-corrected chi connectivity index (χ3v) is 5.61. The van der Waals surface area contributed by atoms with Crippen LogP contribution in [0.3, 0.4) is 0 Å². The minimum absolute atomic E-state index is 0.351. The molecule has 8 nitrogen and oxygen atoms in total. The first-order chi connectivity index (χ1) is 13.6. The number of hydrogen-bond acceptors (Lipinski definition) is 6. The van der Waals surface area contributed by atoms with Crippen molar-refractivity contribution >= 4 is 27.4 Å². The van der Waals surface area contributed by atoms with E-state index in [-0.39, 0.29) is 0 Å². The molecule has 1 aromatic carbocycles. The minimum atomic E-state index is -0.621. The average Bonchev–Trinajstić information content (AvgIpc) is 3.27. The monoisotopic (exact) mass is 402 g/mol. The van der Waals surface area contributed by atoms with E-state index in [0.29, 0.717) is 32.2 Å². The lowest BCUT2D eigenvalue weighted by Gasteiger charge is -2.15. The van der Waals surface area contributed by atoms with Crippen molar-refractivity contribution in [3.05, 3.63) is 46.9 Å². The number of aromatic nitrogens is 3. The molecule has 0 saturated carbocycles. The first kappa shape index (κ1) is 20.2. The second-order valence-electron chi connectivity index (χ2n) is 6.39. The second kappa shape index (κ2) is 9.63. The highest BCUT2D eigenvalue weighted by molar-refractivity contribution is 7.19. The van der Waals surface area contributed by atoms with Gasteiger partial charge in [-0.3, -0.25) is 0 Å². The fraction of sp³-hybridized carbons (Fsp3) is 0.421. The lowest BCUT2D eigenvalue weighted by atomic mass is 10.2. The Morgan fingerprint density at radius 1 is 1.32 bits per heavy atom. The summed E-state index contributed by atoms with van der Waals surface area (Å²) >= 11 is 1.60. The van der Waals surface area contributed by atoms with Gasteiger partial charge in [0.15, 0.2) is 11.8 Å². The van der Waals surface area contributed by atoms with Crippen LogP contribution in [0, 0.1) is 6.92 Å². The molecule has 150 valence electrons. The third kappa shape index (κ3) is 5.06. The summed E-state index contributed by atoms with van der Waals surface area (Å²) in [6, 6.07) is 10.2. The molecule has 0 aliphatic rings. The molecule has 28 heavy (non-hydrogen) atoms. The smallest absolute Gasteiger partial charge is 0.191 e. The molecule has 0 bridgehead atoms. The number of fused-ring (bicyclic) bond motifs is 1. The number of guanidine groups is 1. The molecule has 3 rings (SSSR count). The molecule has 1 atom stereocenters. The van der Waals surface area contributed by atoms with Crippen molar-refractivity contribution in [1.29, 1.82) is 0 Å². The van der Waals surface area contributed by atoms with Gasteiger partial charge in [-0.1, -0.05) is 18.2 Å². The average molecular weight is 403 g/mol. The van der Waals surface area contributed by atoms with Gasteiger partial charge in [0.1, 0.15) is 18.5 Å². The predicted octanol–water partition coefficient (Wildman–Crippen LogP) is 1.75. The molecule has 0 aliphatic carbocycles. The molecule has 2 aromatic heterocycles. The number of hydrogen-bond donors (Lipinski definition) is 3. The fourth-order valence-electron chi connectivity index (χ4n) is 2.64. The number of nitrogens with one attached hydrogen (secondary N) is 2. The van der Waals surface area contributed by atoms with Gasteiger partial charge in [-0.25, -0.2) is 4.99 Å². The third-order valence-electron chi connectivity index (χ3n) is 4.40. The quantitative estimate of drug-likeness (QED) is 0.302. The topological polar surface area (TPSA) is 96.6 Å². The van der Waals surface area contributed by atoms with Crippen molar-refractivity contribution in [1.82, 2.24) is 25.4 Å². The Kier molecular flexibility index (Phi) is 6.96. The standard InChI is InChI=1S/C19H26N6O2S/c1-13-23-24-18(25(13)2)12-22-19(20-8-9-27-3)21-11-15(26)17-10-14-6-4-5-7-16(14)28-17/h4-7,10,15,26H,8-9,11-12H2,1-3H3,(H2,20,21,22). The molecule has 0 fully saturated rings. The van der Waals surface area contributed by atoms with Gasteiger partial charge < -0.3 is 25.0 Å². The van der Waals surface area contributed by atoms with Crippen molar-refractivity contribution in [3.63, 3.8) is 0 Å². The first-order valence-electron chi connectivity index (χ1n) is 9.11. The Balaban J connectivity index is 1.64. The van der Waals surface area contributed by atoms with Crippen LogP contribution in [-0.4, -0.2) is 52.6 Å². The maximum absolute atomic E-state index is 10.6. The molecule has 0 radical (unpaired) electrons. The normalized spacial score (nSPS) is 13.1. The van der Waals surface area contributed by atoms with Crippen molar-refractivity contribution in [2.45, 2.75) is 19.6 Å². The SMILES string of the molecule is COCCNC(=NCc1nnc(C)n1C)NCC(O)c1cc2ccccc2s1. The van der Waals surface area contributed by atoms with E-state index in [0.717, 1.165) is 21.9 Å². The Morgan fingerprint density at radius 3 is 2.86 bits per heavy atom. The number of benzene rings is 1. The summed E-state index contributed by atoms with van der Waals surface area (Å²) in [4.78, 5) is 5.48. The number of aliphatic imine (C=N–C) groups is 1. The summed E-state index contributed by atoms with van der Waals surface area (Å²) in [5.41, 5.74) is 0. The number of rotatable bonds is 8. The highest BCUT2D eigenvalue weighted by atomic mass is 32.1. The van der Waals surface area contributed by atoms with E-state index in [2.05, 4.69) is 38.0 Å². The van der Waals surface area contributed by atoms with Crippen LogP contribution in [0.4, 0.5) is 0 Å². The number of ether oxygens (including phenoxy) is 1. The van der Waals surface area contributed by atoms with Crippen LogP contribution >= 0.6 is 11.3 Å². The maximum Gasteiger partial charge on any atom is 0.191 e. The van der Waals surface area contributed by atoms with Crippen LogP contribution < -0.4 is 10.6 Å². The van der Waals surface area contributed by atoms with Gasteiger partial charge in [-0.15, -0.1) is 21.5 Å². The number of aliphatic hydroxyl groups is 1. The van der Waals surface area contributed by atoms with Crippen molar-refractivity contribution in [2.24, 2.45) is 12.0 Å². The van der Waals surface area contributed by atoms with Crippen LogP contribution in [0.1, 0.15) is 22.6 Å². The van der Waals surface area contributed by atoms with Gasteiger partial charge in [-0.05, 0) is 24.4 Å². The molecule has 0 saturated heterocycles. The van der Waals surface area contributed by atoms with E-state index < -0.39 is 6.10 Å². The fourth-order valence-corrected chi connectivity index (χ4v) is 3.70. The number of nitrogens with zero attached hydrogens (tertiary/aromatic N) is 4. The van der Waals surface area contributed by atoms with Crippen molar-refractivity contribution < 1.29 is 9.84 Å². The lowest BCUT2D eigenvalue weighted by molar-refractivity contribution is 0.184. The molecule has 9 heteroatoms. The first-order valence-corrected chi connectivity index (χ1v) is 9.92. The summed E-state index contributed by atoms with van der Waals surface area (Å²) < 4.78 is 8.16. The molecule has 0 amide bonds. The molecular weight excluding hydrogens is 376 g/mol. The van der Waals surface area contributed by atoms with Crippen LogP contribution in [-0.2, 0) is 18.3 Å². The molecule has 3 N–H and O–H groups in total. The van der Waals surface area contributed by atoms with Crippen LogP contribution in [0.5, 0.6) is 0 Å². The van der Waals surface area contributed by atoms with E-state index in [9.17, 15) is 5.11 Å². The summed E-state index contributed by atoms with van der Waals surface area (Å²) in [5.74, 6) is 2.21. The van der Waals surface area contributed by atoms with E-state index in [1.165, 1.54) is 4.70 Å². The summed E-state index contributed by atoms with van der Waals surface area (Å²) in [6.07, 6.45) is -0.621. The second-order valence-corrected chi connectivity index (χ2v) is 7.51. The van der Waals surface area contributed by atoms with Gasteiger partial charge in [0.05, 0.1) is 6.61 Å². The summed E-state index contributed by atoms with van der Waals surface area (Å²) in [6.45, 7) is 3.81. The number of aryl methyl sites for hydroxylation is 1. The molecule has 3 aromatic rings. The van der Waals surface area contributed by atoms with E-state index in [1.54, 1.807) is 18.4 Å². The zero-order valence-corrected chi connectivity index (χ0v) is 17.2. The van der Waals surface area contributed by atoms with E-state index in [1.807, 2.05) is 36.7 Å². The Hall–Kier alpha value is -2.49. The summed E-state index contributed by atoms with van der Waals surface area (Å²) in [7, 11) is 3.57. The summed E-state index contributed by atoms with van der Waals surface area (Å²) in [5, 5.41) is 26.3. The lowest BCUT2D eigenvalue weighted by Crippen LogP contribution is -2.40. The largest absolute Gasteiger partial charge is 0.386 e. The Morgan fingerprint density at radius 2 is 2.14 bits per heavy atom. The van der Waals surface area contributed by atoms with Gasteiger partial charge >= 0.3 is 0 Å². The predicted molar refractivity (Wildman–Crippen MR) is 112 cm³/mol. The van der Waals surface area contributed by atoms with Gasteiger partial charge in [0.2, 0.25) is 0 Å². The number of methoxy groups -OCH3 is 1. The van der Waals surface area contributed by atoms with Crippen LogP contribution in [0.15, 0.2) is 35.3 Å². The zero-order chi connectivity index (χ0) is 19.9. The molecular formula is C19H26N6O2S. The highest BCUT2D eigenvalue weighted by Gasteiger charge is 2.12. The van der Waals surface area contributed by atoms with Crippen molar-refractivity contribution in [2.75, 3.05) is 26.8 Å². The zero-order valence-electron chi connectivity index (χ0n) is 16.3. The molecule has 0 aliphatic heterocycles. The van der Waals surface area contributed by atoms with Crippen LogP contribution in [0.25, 0.3) is 10.1 Å². The van der Waals surface area contributed by atoms with Crippen molar-refractivity contribution in [3.8, 4) is 0 Å². The molecule has 2 heterocycles. The van der Waals surface area contributed by atoms with Gasteiger partial charge in [0, 0.05) is 36.8 Å². The van der Waals surface area contributed by atoms with E-state index in [4.69, 9.17) is 4.74 Å². The molecule has 0 spiro atoms. The number of aliphatic hydroxyl groups excluding tert-OH is 1. The molecule has 1 unspecified atom stereocenters. The Labute approximate surface area is 168 Å².